The predicted octanol–water partition coefficient (Wildman–Crippen LogP) is 4.22. The lowest BCUT2D eigenvalue weighted by Crippen LogP contribution is -2.29. The Balaban J connectivity index is 0.00000324. The number of hydrogen-bond acceptors (Lipinski definition) is 4. The zero-order chi connectivity index (χ0) is 23.8. The summed E-state index contributed by atoms with van der Waals surface area (Å²) in [7, 11) is 3.77. The lowest BCUT2D eigenvalue weighted by molar-refractivity contribution is -0.137. The minimum absolute atomic E-state index is 0. The monoisotopic (exact) mass is 492 g/mol. The molecule has 34 heavy (non-hydrogen) atoms. The van der Waals surface area contributed by atoms with Crippen LogP contribution in [0.3, 0.4) is 0 Å². The first kappa shape index (κ1) is 25.5. The van der Waals surface area contributed by atoms with Gasteiger partial charge in [-0.15, -0.1) is 12.4 Å². The lowest BCUT2D eigenvalue weighted by atomic mass is 10.0. The highest BCUT2D eigenvalue weighted by atomic mass is 35.5. The standard InChI is InChI=1S/C24H23F3N4O2.ClH/c1-29(2)14-21(32)15-31-22-8-7-20(11-18(22)13-28-31)30-10-9-17(12-23(30)33)16-3-5-19(6-4-16)24(25,26)27;/h3-13,21,32H,14-15H2,1-2H3;1H. The van der Waals surface area contributed by atoms with Crippen molar-refractivity contribution >= 4 is 23.3 Å². The molecule has 0 aliphatic rings. The van der Waals surface area contributed by atoms with Gasteiger partial charge in [-0.3, -0.25) is 14.0 Å². The highest BCUT2D eigenvalue weighted by molar-refractivity contribution is 5.85. The van der Waals surface area contributed by atoms with Crippen molar-refractivity contribution in [2.24, 2.45) is 0 Å². The first-order chi connectivity index (χ1) is 15.6. The number of aromatic nitrogens is 3. The van der Waals surface area contributed by atoms with Crippen molar-refractivity contribution in [2.45, 2.75) is 18.8 Å². The molecule has 2 heterocycles. The number of nitrogens with zero attached hydrogens (tertiary/aromatic N) is 4. The van der Waals surface area contributed by atoms with Crippen LogP contribution >= 0.6 is 12.4 Å². The fourth-order valence-corrected chi connectivity index (χ4v) is 3.77. The van der Waals surface area contributed by atoms with Crippen LogP contribution in [0.1, 0.15) is 5.56 Å². The molecule has 10 heteroatoms. The van der Waals surface area contributed by atoms with E-state index in [2.05, 4.69) is 5.10 Å². The molecule has 2 aromatic carbocycles. The molecule has 6 nitrogen and oxygen atoms in total. The second kappa shape index (κ2) is 10.0. The van der Waals surface area contributed by atoms with Crippen LogP contribution in [0.25, 0.3) is 27.7 Å². The average Bonchev–Trinajstić information content (AvgIpc) is 3.14. The molecule has 0 bridgehead atoms. The van der Waals surface area contributed by atoms with Crippen LogP contribution in [0.4, 0.5) is 13.2 Å². The lowest BCUT2D eigenvalue weighted by Gasteiger charge is -2.16. The van der Waals surface area contributed by atoms with Crippen molar-refractivity contribution in [3.8, 4) is 16.8 Å². The predicted molar refractivity (Wildman–Crippen MR) is 128 cm³/mol. The third kappa shape index (κ3) is 5.49. The Morgan fingerprint density at radius 2 is 1.74 bits per heavy atom. The normalized spacial score (nSPS) is 12.7. The van der Waals surface area contributed by atoms with E-state index in [1.165, 1.54) is 22.8 Å². The molecule has 0 fully saturated rings. The molecule has 0 aliphatic carbocycles. The van der Waals surface area contributed by atoms with Crippen LogP contribution in [0, 0.1) is 0 Å². The summed E-state index contributed by atoms with van der Waals surface area (Å²) in [5.74, 6) is 0. The van der Waals surface area contributed by atoms with E-state index in [-0.39, 0.29) is 18.0 Å². The first-order valence-electron chi connectivity index (χ1n) is 10.3. The largest absolute Gasteiger partial charge is 0.416 e. The SMILES string of the molecule is CN(C)CC(O)Cn1ncc2cc(-n3ccc(-c4ccc(C(F)(F)F)cc4)cc3=O)ccc21.Cl. The Kier molecular flexibility index (Phi) is 7.50. The van der Waals surface area contributed by atoms with Gasteiger partial charge in [0.2, 0.25) is 0 Å². The van der Waals surface area contributed by atoms with Crippen molar-refractivity contribution in [1.82, 2.24) is 19.2 Å². The van der Waals surface area contributed by atoms with E-state index < -0.39 is 17.8 Å². The van der Waals surface area contributed by atoms with E-state index in [0.29, 0.717) is 29.9 Å². The third-order valence-corrected chi connectivity index (χ3v) is 5.33. The van der Waals surface area contributed by atoms with E-state index in [9.17, 15) is 23.1 Å². The van der Waals surface area contributed by atoms with Gasteiger partial charge in [-0.25, -0.2) is 0 Å². The maximum absolute atomic E-state index is 12.8. The van der Waals surface area contributed by atoms with Crippen molar-refractivity contribution in [2.75, 3.05) is 20.6 Å². The highest BCUT2D eigenvalue weighted by Gasteiger charge is 2.30. The Morgan fingerprint density at radius 3 is 2.35 bits per heavy atom. The number of fused-ring (bicyclic) bond motifs is 1. The summed E-state index contributed by atoms with van der Waals surface area (Å²) in [5, 5.41) is 15.4. The number of likely N-dealkylation sites (N-methyl/N-ethyl adjacent to an activating group) is 1. The van der Waals surface area contributed by atoms with Gasteiger partial charge in [-0.2, -0.15) is 18.3 Å². The van der Waals surface area contributed by atoms with E-state index in [1.54, 1.807) is 29.2 Å². The fraction of sp³-hybridized carbons (Fsp3) is 0.250. The molecule has 0 spiro atoms. The zero-order valence-electron chi connectivity index (χ0n) is 18.5. The summed E-state index contributed by atoms with van der Waals surface area (Å²) in [6.45, 7) is 0.864. The second-order valence-electron chi connectivity index (χ2n) is 8.18. The van der Waals surface area contributed by atoms with Gasteiger partial charge in [0.1, 0.15) is 0 Å². The number of aliphatic hydroxyl groups is 1. The van der Waals surface area contributed by atoms with E-state index in [1.807, 2.05) is 31.1 Å². The highest BCUT2D eigenvalue weighted by Crippen LogP contribution is 2.30. The Hall–Kier alpha value is -3.14. The summed E-state index contributed by atoms with van der Waals surface area (Å²) in [4.78, 5) is 14.7. The van der Waals surface area contributed by atoms with Crippen molar-refractivity contribution in [3.63, 3.8) is 0 Å². The van der Waals surface area contributed by atoms with Crippen LogP contribution in [-0.4, -0.2) is 51.1 Å². The Morgan fingerprint density at radius 1 is 1.03 bits per heavy atom. The number of hydrogen-bond donors (Lipinski definition) is 1. The number of pyridine rings is 1. The van der Waals surface area contributed by atoms with Crippen molar-refractivity contribution < 1.29 is 18.3 Å². The molecule has 0 aliphatic heterocycles. The summed E-state index contributed by atoms with van der Waals surface area (Å²) in [6.07, 6.45) is -1.69. The average molecular weight is 493 g/mol. The van der Waals surface area contributed by atoms with Crippen LogP contribution in [-0.2, 0) is 12.7 Å². The van der Waals surface area contributed by atoms with Crippen LogP contribution in [0.15, 0.2) is 71.8 Å². The number of halogens is 4. The number of alkyl halides is 3. The fourth-order valence-electron chi connectivity index (χ4n) is 3.77. The molecule has 4 aromatic rings. The number of benzene rings is 2. The molecule has 0 amide bonds. The van der Waals surface area contributed by atoms with Crippen molar-refractivity contribution in [1.29, 1.82) is 0 Å². The van der Waals surface area contributed by atoms with Crippen LogP contribution in [0.2, 0.25) is 0 Å². The molecular formula is C24H24ClF3N4O2. The topological polar surface area (TPSA) is 63.3 Å². The second-order valence-corrected chi connectivity index (χ2v) is 8.18. The minimum Gasteiger partial charge on any atom is -0.390 e. The van der Waals surface area contributed by atoms with Gasteiger partial charge in [0, 0.05) is 29.9 Å². The molecule has 180 valence electrons. The summed E-state index contributed by atoms with van der Waals surface area (Å²) < 4.78 is 41.5. The van der Waals surface area contributed by atoms with Crippen LogP contribution in [0.5, 0.6) is 0 Å². The zero-order valence-corrected chi connectivity index (χ0v) is 19.3. The molecule has 0 saturated carbocycles. The smallest absolute Gasteiger partial charge is 0.390 e. The maximum Gasteiger partial charge on any atom is 0.416 e. The molecule has 1 atom stereocenters. The minimum atomic E-state index is -4.40. The van der Waals surface area contributed by atoms with E-state index >= 15 is 0 Å². The first-order valence-corrected chi connectivity index (χ1v) is 10.3. The quantitative estimate of drug-likeness (QED) is 0.438. The molecular weight excluding hydrogens is 469 g/mol. The van der Waals surface area contributed by atoms with E-state index in [4.69, 9.17) is 0 Å². The molecule has 0 saturated heterocycles. The van der Waals surface area contributed by atoms with Gasteiger partial charge in [-0.05, 0) is 61.6 Å². The van der Waals surface area contributed by atoms with Crippen LogP contribution < -0.4 is 5.56 Å². The number of rotatable bonds is 6. The van der Waals surface area contributed by atoms with Gasteiger partial charge in [-0.1, -0.05) is 12.1 Å². The van der Waals surface area contributed by atoms with Gasteiger partial charge in [0.05, 0.1) is 29.9 Å². The van der Waals surface area contributed by atoms with Gasteiger partial charge >= 0.3 is 6.18 Å². The molecule has 2 aromatic heterocycles. The molecule has 4 rings (SSSR count). The Labute approximate surface area is 200 Å². The van der Waals surface area contributed by atoms with Crippen molar-refractivity contribution in [3.05, 3.63) is 82.9 Å². The van der Waals surface area contributed by atoms with Gasteiger partial charge in [0.15, 0.2) is 0 Å². The summed E-state index contributed by atoms with van der Waals surface area (Å²) in [6, 6.07) is 13.3. The molecule has 0 radical (unpaired) electrons. The van der Waals surface area contributed by atoms with Gasteiger partial charge < -0.3 is 10.0 Å². The van der Waals surface area contributed by atoms with E-state index in [0.717, 1.165) is 23.0 Å². The molecule has 1 N–H and O–H groups in total. The Bertz CT molecular complexity index is 1330. The maximum atomic E-state index is 12.8. The summed E-state index contributed by atoms with van der Waals surface area (Å²) >= 11 is 0. The number of aliphatic hydroxyl groups excluding tert-OH is 1. The summed E-state index contributed by atoms with van der Waals surface area (Å²) in [5.41, 5.74) is 1.50. The molecule has 1 unspecified atom stereocenters. The van der Waals surface area contributed by atoms with Gasteiger partial charge in [0.25, 0.3) is 5.56 Å². The third-order valence-electron chi connectivity index (χ3n) is 5.33.